The molecule has 114 valence electrons. The Balaban J connectivity index is 2.21. The van der Waals surface area contributed by atoms with Crippen LogP contribution in [0.25, 0.3) is 0 Å². The number of nitrogens with zero attached hydrogens (tertiary/aromatic N) is 2. The van der Waals surface area contributed by atoms with E-state index in [1.165, 1.54) is 0 Å². The zero-order valence-electron chi connectivity index (χ0n) is 12.4. The van der Waals surface area contributed by atoms with E-state index in [-0.39, 0.29) is 6.04 Å². The van der Waals surface area contributed by atoms with Gasteiger partial charge in [-0.1, -0.05) is 36.2 Å². The van der Waals surface area contributed by atoms with Gasteiger partial charge in [0, 0.05) is 18.9 Å². The van der Waals surface area contributed by atoms with Gasteiger partial charge in [0.2, 0.25) is 0 Å². The third-order valence-electron chi connectivity index (χ3n) is 3.46. The van der Waals surface area contributed by atoms with Gasteiger partial charge in [-0.05, 0) is 44.0 Å². The number of hydrogen-bond acceptors (Lipinski definition) is 2. The summed E-state index contributed by atoms with van der Waals surface area (Å²) in [6.07, 6.45) is 5.80. The predicted octanol–water partition coefficient (Wildman–Crippen LogP) is 4.49. The van der Waals surface area contributed by atoms with Crippen molar-refractivity contribution in [1.29, 1.82) is 0 Å². The van der Waals surface area contributed by atoms with Crippen molar-refractivity contribution in [1.82, 2.24) is 14.9 Å². The summed E-state index contributed by atoms with van der Waals surface area (Å²) in [5.41, 5.74) is 1.16. The molecule has 0 fully saturated rings. The molecule has 1 atom stereocenters. The molecule has 21 heavy (non-hydrogen) atoms. The Morgan fingerprint density at radius 3 is 2.71 bits per heavy atom. The van der Waals surface area contributed by atoms with Crippen molar-refractivity contribution in [3.63, 3.8) is 0 Å². The third-order valence-corrected chi connectivity index (χ3v) is 4.20. The normalized spacial score (nSPS) is 12.6. The Kier molecular flexibility index (Phi) is 6.09. The summed E-state index contributed by atoms with van der Waals surface area (Å²) in [6.45, 7) is 6.17. The topological polar surface area (TPSA) is 29.9 Å². The van der Waals surface area contributed by atoms with Crippen LogP contribution in [0.3, 0.4) is 0 Å². The maximum absolute atomic E-state index is 6.11. The van der Waals surface area contributed by atoms with Gasteiger partial charge in [-0.25, -0.2) is 4.98 Å². The van der Waals surface area contributed by atoms with E-state index in [0.717, 1.165) is 37.3 Å². The van der Waals surface area contributed by atoms with E-state index in [1.807, 2.05) is 30.6 Å². The van der Waals surface area contributed by atoms with Crippen molar-refractivity contribution in [2.24, 2.45) is 0 Å². The van der Waals surface area contributed by atoms with Crippen molar-refractivity contribution >= 4 is 23.2 Å². The molecule has 1 unspecified atom stereocenters. The minimum Gasteiger partial charge on any atom is -0.334 e. The summed E-state index contributed by atoms with van der Waals surface area (Å²) in [4.78, 5) is 4.52. The number of halogens is 2. The fraction of sp³-hybridized carbons (Fsp3) is 0.438. The van der Waals surface area contributed by atoms with Gasteiger partial charge in [-0.3, -0.25) is 0 Å². The molecule has 3 nitrogen and oxygen atoms in total. The Bertz CT molecular complexity index is 581. The van der Waals surface area contributed by atoms with E-state index in [1.54, 1.807) is 0 Å². The lowest BCUT2D eigenvalue weighted by Gasteiger charge is -2.19. The summed E-state index contributed by atoms with van der Waals surface area (Å²) < 4.78 is 2.17. The van der Waals surface area contributed by atoms with E-state index < -0.39 is 0 Å². The number of aromatic nitrogens is 2. The first kappa shape index (κ1) is 16.3. The lowest BCUT2D eigenvalue weighted by Crippen LogP contribution is -2.27. The zero-order valence-corrected chi connectivity index (χ0v) is 14.0. The molecule has 0 aliphatic carbocycles. The molecule has 1 aromatic heterocycles. The largest absolute Gasteiger partial charge is 0.334 e. The van der Waals surface area contributed by atoms with Crippen LogP contribution in [0.4, 0.5) is 0 Å². The van der Waals surface area contributed by atoms with Crippen LogP contribution in [0.5, 0.6) is 0 Å². The van der Waals surface area contributed by atoms with E-state index in [2.05, 4.69) is 28.7 Å². The second-order valence-electron chi connectivity index (χ2n) is 5.03. The van der Waals surface area contributed by atoms with Crippen molar-refractivity contribution < 1.29 is 0 Å². The smallest absolute Gasteiger partial charge is 0.126 e. The standard InChI is InChI=1S/C16H21Cl2N3/c1-3-7-19-15(16-20-8-9-21(16)4-2)11-12-5-6-13(17)14(18)10-12/h5-6,8-10,15,19H,3-4,7,11H2,1-2H3. The number of imidazole rings is 1. The molecule has 2 aromatic rings. The van der Waals surface area contributed by atoms with Crippen LogP contribution in [-0.4, -0.2) is 16.1 Å². The number of aryl methyl sites for hydroxylation is 1. The lowest BCUT2D eigenvalue weighted by atomic mass is 10.0. The number of benzene rings is 1. The Hall–Kier alpha value is -1.03. The molecule has 0 spiro atoms. The maximum atomic E-state index is 6.11. The SMILES string of the molecule is CCCNC(Cc1ccc(Cl)c(Cl)c1)c1nccn1CC. The molecule has 2 rings (SSSR count). The van der Waals surface area contributed by atoms with Crippen molar-refractivity contribution in [2.45, 2.75) is 39.3 Å². The summed E-state index contributed by atoms with van der Waals surface area (Å²) >= 11 is 12.1. The highest BCUT2D eigenvalue weighted by Gasteiger charge is 2.17. The predicted molar refractivity (Wildman–Crippen MR) is 89.1 cm³/mol. The first-order valence-electron chi connectivity index (χ1n) is 7.34. The van der Waals surface area contributed by atoms with Crippen LogP contribution in [0.2, 0.25) is 10.0 Å². The molecule has 0 saturated heterocycles. The maximum Gasteiger partial charge on any atom is 0.126 e. The minimum absolute atomic E-state index is 0.178. The second-order valence-corrected chi connectivity index (χ2v) is 5.85. The molecular formula is C16H21Cl2N3. The summed E-state index contributed by atoms with van der Waals surface area (Å²) in [7, 11) is 0. The van der Waals surface area contributed by atoms with Gasteiger partial charge in [0.15, 0.2) is 0 Å². The van der Waals surface area contributed by atoms with Crippen LogP contribution >= 0.6 is 23.2 Å². The minimum atomic E-state index is 0.178. The summed E-state index contributed by atoms with van der Waals surface area (Å²) in [5.74, 6) is 1.07. The molecule has 0 bridgehead atoms. The molecule has 0 amide bonds. The van der Waals surface area contributed by atoms with Gasteiger partial charge in [0.1, 0.15) is 5.82 Å². The average molecular weight is 326 g/mol. The Labute approximate surface area is 136 Å². The van der Waals surface area contributed by atoms with Gasteiger partial charge in [0.05, 0.1) is 16.1 Å². The van der Waals surface area contributed by atoms with Crippen LogP contribution < -0.4 is 5.32 Å². The first-order chi connectivity index (χ1) is 10.2. The number of rotatable bonds is 7. The van der Waals surface area contributed by atoms with Gasteiger partial charge in [0.25, 0.3) is 0 Å². The quantitative estimate of drug-likeness (QED) is 0.812. The number of hydrogen-bond donors (Lipinski definition) is 1. The fourth-order valence-corrected chi connectivity index (χ4v) is 2.69. The van der Waals surface area contributed by atoms with Gasteiger partial charge in [-0.15, -0.1) is 0 Å². The molecule has 0 saturated carbocycles. The second kappa shape index (κ2) is 7.83. The van der Waals surface area contributed by atoms with Crippen LogP contribution in [0.1, 0.15) is 37.7 Å². The first-order valence-corrected chi connectivity index (χ1v) is 8.09. The van der Waals surface area contributed by atoms with Gasteiger partial charge >= 0.3 is 0 Å². The monoisotopic (exact) mass is 325 g/mol. The molecule has 1 N–H and O–H groups in total. The van der Waals surface area contributed by atoms with E-state index >= 15 is 0 Å². The average Bonchev–Trinajstić information content (AvgIpc) is 2.95. The highest BCUT2D eigenvalue weighted by molar-refractivity contribution is 6.42. The Morgan fingerprint density at radius 1 is 1.24 bits per heavy atom. The molecule has 0 aliphatic heterocycles. The molecule has 0 aliphatic rings. The van der Waals surface area contributed by atoms with Crippen LogP contribution in [0, 0.1) is 0 Å². The molecule has 5 heteroatoms. The molecule has 1 heterocycles. The lowest BCUT2D eigenvalue weighted by molar-refractivity contribution is 0.482. The summed E-state index contributed by atoms with van der Waals surface area (Å²) in [5, 5.41) is 4.76. The third kappa shape index (κ3) is 4.22. The van der Waals surface area contributed by atoms with E-state index in [4.69, 9.17) is 23.2 Å². The zero-order chi connectivity index (χ0) is 15.2. The molecule has 1 aromatic carbocycles. The highest BCUT2D eigenvalue weighted by Crippen LogP contribution is 2.25. The van der Waals surface area contributed by atoms with Gasteiger partial charge < -0.3 is 9.88 Å². The van der Waals surface area contributed by atoms with Crippen molar-refractivity contribution in [2.75, 3.05) is 6.54 Å². The molecule has 0 radical (unpaired) electrons. The van der Waals surface area contributed by atoms with Gasteiger partial charge in [-0.2, -0.15) is 0 Å². The Morgan fingerprint density at radius 2 is 2.05 bits per heavy atom. The van der Waals surface area contributed by atoms with E-state index in [9.17, 15) is 0 Å². The van der Waals surface area contributed by atoms with E-state index in [0.29, 0.717) is 10.0 Å². The molecular weight excluding hydrogens is 305 g/mol. The highest BCUT2D eigenvalue weighted by atomic mass is 35.5. The summed E-state index contributed by atoms with van der Waals surface area (Å²) in [6, 6.07) is 5.98. The fourth-order valence-electron chi connectivity index (χ4n) is 2.37. The number of nitrogens with one attached hydrogen (secondary N) is 1. The van der Waals surface area contributed by atoms with Crippen LogP contribution in [-0.2, 0) is 13.0 Å². The van der Waals surface area contributed by atoms with Crippen molar-refractivity contribution in [3.8, 4) is 0 Å². The van der Waals surface area contributed by atoms with Crippen molar-refractivity contribution in [3.05, 3.63) is 52.0 Å². The van der Waals surface area contributed by atoms with Crippen LogP contribution in [0.15, 0.2) is 30.6 Å².